The highest BCUT2D eigenvalue weighted by Gasteiger charge is 2.15. The molecule has 0 spiro atoms. The number of rotatable bonds is 7. The fourth-order valence-electron chi connectivity index (χ4n) is 2.59. The maximum absolute atomic E-state index is 12.4. The van der Waals surface area contributed by atoms with Crippen molar-refractivity contribution in [1.29, 1.82) is 0 Å². The minimum Gasteiger partial charge on any atom is -0.497 e. The molecule has 26 heavy (non-hydrogen) atoms. The van der Waals surface area contributed by atoms with E-state index in [9.17, 15) is 4.79 Å². The largest absolute Gasteiger partial charge is 0.497 e. The van der Waals surface area contributed by atoms with Crippen LogP contribution in [-0.4, -0.2) is 33.4 Å². The molecule has 0 aromatic heterocycles. The standard InChI is InChI=1S/C21H20O5/c1-23-17-7-9-18(10-8-17)25-11-12-26-21(22)19-13-15-5-3-4-6-16(15)14-20(19)24-2/h3-10,13-14H,11-12H2,1-2H3. The van der Waals surface area contributed by atoms with E-state index in [1.807, 2.05) is 30.3 Å². The number of ether oxygens (including phenoxy) is 4. The quantitative estimate of drug-likeness (QED) is 0.473. The first-order valence-electron chi connectivity index (χ1n) is 8.22. The Balaban J connectivity index is 1.60. The van der Waals surface area contributed by atoms with Crippen LogP contribution in [0.5, 0.6) is 17.2 Å². The zero-order valence-electron chi connectivity index (χ0n) is 14.7. The zero-order valence-corrected chi connectivity index (χ0v) is 14.7. The van der Waals surface area contributed by atoms with Crippen LogP contribution in [0.1, 0.15) is 10.4 Å². The van der Waals surface area contributed by atoms with Gasteiger partial charge in [0.1, 0.15) is 36.0 Å². The summed E-state index contributed by atoms with van der Waals surface area (Å²) in [6.45, 7) is 0.398. The van der Waals surface area contributed by atoms with Crippen LogP contribution >= 0.6 is 0 Å². The molecule has 0 aliphatic carbocycles. The van der Waals surface area contributed by atoms with Crippen LogP contribution in [-0.2, 0) is 4.74 Å². The molecule has 0 atom stereocenters. The third-order valence-corrected chi connectivity index (χ3v) is 3.93. The van der Waals surface area contributed by atoms with E-state index in [0.29, 0.717) is 17.1 Å². The monoisotopic (exact) mass is 352 g/mol. The van der Waals surface area contributed by atoms with Crippen LogP contribution in [0.25, 0.3) is 10.8 Å². The van der Waals surface area contributed by atoms with Crippen molar-refractivity contribution in [3.8, 4) is 17.2 Å². The second-order valence-corrected chi connectivity index (χ2v) is 5.56. The molecule has 0 N–H and O–H groups in total. The number of carbonyl (C=O) groups excluding carboxylic acids is 1. The van der Waals surface area contributed by atoms with Crippen molar-refractivity contribution in [2.24, 2.45) is 0 Å². The lowest BCUT2D eigenvalue weighted by atomic mass is 10.1. The molecular formula is C21H20O5. The van der Waals surface area contributed by atoms with Crippen LogP contribution in [0, 0.1) is 0 Å². The third kappa shape index (κ3) is 4.06. The van der Waals surface area contributed by atoms with Gasteiger partial charge < -0.3 is 18.9 Å². The smallest absolute Gasteiger partial charge is 0.342 e. The average molecular weight is 352 g/mol. The van der Waals surface area contributed by atoms with Crippen LogP contribution in [0.2, 0.25) is 0 Å². The maximum Gasteiger partial charge on any atom is 0.342 e. The van der Waals surface area contributed by atoms with E-state index in [2.05, 4.69) is 0 Å². The van der Waals surface area contributed by atoms with Crippen molar-refractivity contribution < 1.29 is 23.7 Å². The Bertz CT molecular complexity index is 887. The molecule has 3 aromatic carbocycles. The van der Waals surface area contributed by atoms with Gasteiger partial charge in [0.15, 0.2) is 0 Å². The summed E-state index contributed by atoms with van der Waals surface area (Å²) in [5, 5.41) is 1.96. The summed E-state index contributed by atoms with van der Waals surface area (Å²) in [5.41, 5.74) is 0.399. The van der Waals surface area contributed by atoms with Crippen molar-refractivity contribution in [2.75, 3.05) is 27.4 Å². The van der Waals surface area contributed by atoms with Gasteiger partial charge in [0.2, 0.25) is 0 Å². The normalized spacial score (nSPS) is 10.4. The lowest BCUT2D eigenvalue weighted by molar-refractivity contribution is 0.0447. The summed E-state index contributed by atoms with van der Waals surface area (Å²) in [7, 11) is 3.14. The summed E-state index contributed by atoms with van der Waals surface area (Å²) >= 11 is 0. The highest BCUT2D eigenvalue weighted by atomic mass is 16.6. The Morgan fingerprint density at radius 3 is 2.12 bits per heavy atom. The fourth-order valence-corrected chi connectivity index (χ4v) is 2.59. The van der Waals surface area contributed by atoms with Gasteiger partial charge in [-0.05, 0) is 47.2 Å². The van der Waals surface area contributed by atoms with E-state index in [1.54, 1.807) is 37.4 Å². The lowest BCUT2D eigenvalue weighted by Crippen LogP contribution is -2.13. The molecule has 134 valence electrons. The minimum atomic E-state index is -0.439. The number of benzene rings is 3. The van der Waals surface area contributed by atoms with Crippen molar-refractivity contribution in [2.45, 2.75) is 0 Å². The molecule has 0 saturated carbocycles. The molecule has 5 nitrogen and oxygen atoms in total. The number of carbonyl (C=O) groups is 1. The van der Waals surface area contributed by atoms with E-state index < -0.39 is 5.97 Å². The Hall–Kier alpha value is -3.21. The van der Waals surface area contributed by atoms with Crippen LogP contribution in [0.15, 0.2) is 60.7 Å². The van der Waals surface area contributed by atoms with Crippen molar-refractivity contribution in [1.82, 2.24) is 0 Å². The summed E-state index contributed by atoms with van der Waals surface area (Å²) in [4.78, 5) is 12.4. The van der Waals surface area contributed by atoms with Gasteiger partial charge in [0, 0.05) is 0 Å². The Labute approximate surface area is 152 Å². The van der Waals surface area contributed by atoms with Crippen LogP contribution in [0.4, 0.5) is 0 Å². The maximum atomic E-state index is 12.4. The molecule has 0 radical (unpaired) electrons. The molecular weight excluding hydrogens is 332 g/mol. The molecule has 0 bridgehead atoms. The van der Waals surface area contributed by atoms with Gasteiger partial charge >= 0.3 is 5.97 Å². The number of fused-ring (bicyclic) bond motifs is 1. The first kappa shape index (κ1) is 17.6. The number of hydrogen-bond acceptors (Lipinski definition) is 5. The zero-order chi connectivity index (χ0) is 18.4. The van der Waals surface area contributed by atoms with E-state index >= 15 is 0 Å². The second-order valence-electron chi connectivity index (χ2n) is 5.56. The van der Waals surface area contributed by atoms with Gasteiger partial charge in [-0.25, -0.2) is 4.79 Å². The molecule has 0 heterocycles. The predicted molar refractivity (Wildman–Crippen MR) is 99.3 cm³/mol. The number of methoxy groups -OCH3 is 2. The fraction of sp³-hybridized carbons (Fsp3) is 0.190. The Kier molecular flexibility index (Phi) is 5.59. The summed E-state index contributed by atoms with van der Waals surface area (Å²) < 4.78 is 21.3. The van der Waals surface area contributed by atoms with Crippen molar-refractivity contribution in [3.05, 3.63) is 66.2 Å². The molecule has 0 amide bonds. The number of esters is 1. The van der Waals surface area contributed by atoms with Crippen LogP contribution < -0.4 is 14.2 Å². The van der Waals surface area contributed by atoms with Gasteiger partial charge in [-0.2, -0.15) is 0 Å². The molecule has 0 fully saturated rings. The Morgan fingerprint density at radius 2 is 1.46 bits per heavy atom. The number of hydrogen-bond donors (Lipinski definition) is 0. The lowest BCUT2D eigenvalue weighted by Gasteiger charge is -2.11. The summed E-state index contributed by atoms with van der Waals surface area (Å²) in [6.07, 6.45) is 0. The Morgan fingerprint density at radius 1 is 0.808 bits per heavy atom. The molecule has 3 rings (SSSR count). The van der Waals surface area contributed by atoms with E-state index in [1.165, 1.54) is 7.11 Å². The second kappa shape index (κ2) is 8.25. The SMILES string of the molecule is COc1ccc(OCCOC(=O)c2cc3ccccc3cc2OC)cc1. The van der Waals surface area contributed by atoms with Gasteiger partial charge in [0.25, 0.3) is 0 Å². The molecule has 5 heteroatoms. The molecule has 0 aliphatic heterocycles. The first-order valence-corrected chi connectivity index (χ1v) is 8.22. The molecule has 0 aliphatic rings. The van der Waals surface area contributed by atoms with E-state index in [-0.39, 0.29) is 13.2 Å². The summed E-state index contributed by atoms with van der Waals surface area (Å²) in [5.74, 6) is 1.49. The minimum absolute atomic E-state index is 0.140. The van der Waals surface area contributed by atoms with Crippen LogP contribution in [0.3, 0.4) is 0 Å². The highest BCUT2D eigenvalue weighted by molar-refractivity contribution is 5.98. The van der Waals surface area contributed by atoms with Crippen molar-refractivity contribution >= 4 is 16.7 Å². The molecule has 0 saturated heterocycles. The van der Waals surface area contributed by atoms with Gasteiger partial charge in [0.05, 0.1) is 14.2 Å². The predicted octanol–water partition coefficient (Wildman–Crippen LogP) is 4.09. The van der Waals surface area contributed by atoms with Crippen molar-refractivity contribution in [3.63, 3.8) is 0 Å². The van der Waals surface area contributed by atoms with E-state index in [0.717, 1.165) is 16.5 Å². The van der Waals surface area contributed by atoms with E-state index in [4.69, 9.17) is 18.9 Å². The first-order chi connectivity index (χ1) is 12.7. The average Bonchev–Trinajstić information content (AvgIpc) is 2.70. The van der Waals surface area contributed by atoms with Gasteiger partial charge in [-0.3, -0.25) is 0 Å². The van der Waals surface area contributed by atoms with Gasteiger partial charge in [-0.15, -0.1) is 0 Å². The summed E-state index contributed by atoms with van der Waals surface area (Å²) in [6, 6.07) is 18.6. The molecule has 3 aromatic rings. The topological polar surface area (TPSA) is 54.0 Å². The third-order valence-electron chi connectivity index (χ3n) is 3.93. The highest BCUT2D eigenvalue weighted by Crippen LogP contribution is 2.26. The molecule has 0 unspecified atom stereocenters. The van der Waals surface area contributed by atoms with Gasteiger partial charge in [-0.1, -0.05) is 24.3 Å².